The average Bonchev–Trinajstić information content (AvgIpc) is 2.16. The quantitative estimate of drug-likeness (QED) is 0.522. The molecule has 0 radical (unpaired) electrons. The third-order valence-corrected chi connectivity index (χ3v) is 2.27. The fourth-order valence-corrected chi connectivity index (χ4v) is 1.45. The van der Waals surface area contributed by atoms with Gasteiger partial charge < -0.3 is 4.79 Å². The van der Waals surface area contributed by atoms with Crippen molar-refractivity contribution in [3.05, 3.63) is 30.3 Å². The molecule has 0 saturated heterocycles. The first-order valence-corrected chi connectivity index (χ1v) is 4.31. The number of hydrogen-bond acceptors (Lipinski definition) is 3. The average molecular weight is 177 g/mol. The fourth-order valence-electron chi connectivity index (χ4n) is 0.730. The van der Waals surface area contributed by atoms with Crippen molar-refractivity contribution in [3.63, 3.8) is 0 Å². The van der Waals surface area contributed by atoms with Crippen LogP contribution in [-0.2, 0) is 4.79 Å². The van der Waals surface area contributed by atoms with Crippen molar-refractivity contribution in [1.82, 2.24) is 0 Å². The summed E-state index contributed by atoms with van der Waals surface area (Å²) in [6, 6.07) is 11.3. The lowest BCUT2D eigenvalue weighted by atomic mass is 10.4. The normalized spacial score (nSPS) is 11.6. The van der Waals surface area contributed by atoms with Gasteiger partial charge in [0.15, 0.2) is 5.25 Å². The van der Waals surface area contributed by atoms with Gasteiger partial charge in [-0.25, -0.2) is 0 Å². The summed E-state index contributed by atoms with van der Waals surface area (Å²) in [6.45, 7) is 0. The van der Waals surface area contributed by atoms with Crippen LogP contribution in [0.5, 0.6) is 0 Å². The minimum Gasteiger partial charge on any atom is -0.301 e. The van der Waals surface area contributed by atoms with Crippen molar-refractivity contribution in [3.8, 4) is 6.07 Å². The second-order valence-corrected chi connectivity index (χ2v) is 3.33. The van der Waals surface area contributed by atoms with Crippen LogP contribution in [0.4, 0.5) is 0 Å². The summed E-state index contributed by atoms with van der Waals surface area (Å²) >= 11 is 1.26. The highest BCUT2D eigenvalue weighted by Crippen LogP contribution is 2.20. The monoisotopic (exact) mass is 177 g/mol. The van der Waals surface area contributed by atoms with Gasteiger partial charge in [0.05, 0.1) is 6.07 Å². The molecule has 0 fully saturated rings. The molecule has 1 aromatic rings. The zero-order valence-corrected chi connectivity index (χ0v) is 7.12. The van der Waals surface area contributed by atoms with E-state index >= 15 is 0 Å². The highest BCUT2D eigenvalue weighted by atomic mass is 32.2. The van der Waals surface area contributed by atoms with Gasteiger partial charge in [-0.1, -0.05) is 30.0 Å². The summed E-state index contributed by atoms with van der Waals surface area (Å²) in [5.74, 6) is 0. The van der Waals surface area contributed by atoms with Gasteiger partial charge in [0.2, 0.25) is 0 Å². The molecule has 0 aliphatic rings. The molecule has 0 bridgehead atoms. The first kappa shape index (κ1) is 8.82. The van der Waals surface area contributed by atoms with E-state index in [0.717, 1.165) is 4.90 Å². The Morgan fingerprint density at radius 1 is 1.42 bits per heavy atom. The molecule has 1 atom stereocenters. The lowest BCUT2D eigenvalue weighted by Crippen LogP contribution is -1.98. The molecule has 1 aromatic carbocycles. The van der Waals surface area contributed by atoms with Crippen LogP contribution >= 0.6 is 11.8 Å². The summed E-state index contributed by atoms with van der Waals surface area (Å²) in [4.78, 5) is 11.2. The minimum atomic E-state index is -0.590. The molecule has 0 N–H and O–H groups in total. The molecular formula is C9H7NOS. The van der Waals surface area contributed by atoms with Gasteiger partial charge in [0, 0.05) is 4.90 Å². The van der Waals surface area contributed by atoms with Gasteiger partial charge in [-0.3, -0.25) is 0 Å². The van der Waals surface area contributed by atoms with E-state index in [0.29, 0.717) is 6.29 Å². The van der Waals surface area contributed by atoms with Crippen LogP contribution in [0.15, 0.2) is 35.2 Å². The van der Waals surface area contributed by atoms with Crippen LogP contribution in [0.3, 0.4) is 0 Å². The maximum atomic E-state index is 10.3. The largest absolute Gasteiger partial charge is 0.301 e. The number of rotatable bonds is 3. The second-order valence-electron chi connectivity index (χ2n) is 2.12. The van der Waals surface area contributed by atoms with E-state index in [9.17, 15) is 4.79 Å². The third-order valence-electron chi connectivity index (χ3n) is 1.26. The molecule has 0 aliphatic heterocycles. The van der Waals surface area contributed by atoms with Gasteiger partial charge in [-0.05, 0) is 12.1 Å². The number of aldehydes is 1. The van der Waals surface area contributed by atoms with E-state index in [1.807, 2.05) is 36.4 Å². The van der Waals surface area contributed by atoms with Gasteiger partial charge in [0.1, 0.15) is 6.29 Å². The van der Waals surface area contributed by atoms with Crippen molar-refractivity contribution in [2.75, 3.05) is 0 Å². The Morgan fingerprint density at radius 2 is 2.08 bits per heavy atom. The Balaban J connectivity index is 2.64. The third kappa shape index (κ3) is 2.40. The van der Waals surface area contributed by atoms with E-state index < -0.39 is 5.25 Å². The van der Waals surface area contributed by atoms with Crippen molar-refractivity contribution >= 4 is 18.0 Å². The molecule has 0 aromatic heterocycles. The number of carbonyl (C=O) groups is 1. The Bertz CT molecular complexity index is 291. The van der Waals surface area contributed by atoms with Crippen LogP contribution in [0.25, 0.3) is 0 Å². The van der Waals surface area contributed by atoms with Gasteiger partial charge in [0.25, 0.3) is 0 Å². The number of nitriles is 1. The molecular weight excluding hydrogens is 170 g/mol. The molecule has 12 heavy (non-hydrogen) atoms. The van der Waals surface area contributed by atoms with Gasteiger partial charge in [-0.2, -0.15) is 5.26 Å². The molecule has 0 saturated carbocycles. The van der Waals surface area contributed by atoms with Crippen molar-refractivity contribution < 1.29 is 4.79 Å². The SMILES string of the molecule is N#CC(C=O)Sc1ccccc1. The summed E-state index contributed by atoms with van der Waals surface area (Å²) in [6.07, 6.45) is 0.650. The fraction of sp³-hybridized carbons (Fsp3) is 0.111. The molecule has 0 heterocycles. The zero-order valence-electron chi connectivity index (χ0n) is 6.31. The minimum absolute atomic E-state index is 0.590. The van der Waals surface area contributed by atoms with Crippen LogP contribution in [0, 0.1) is 11.3 Å². The van der Waals surface area contributed by atoms with E-state index in [1.165, 1.54) is 11.8 Å². The smallest absolute Gasteiger partial charge is 0.151 e. The summed E-state index contributed by atoms with van der Waals surface area (Å²) < 4.78 is 0. The Hall–Kier alpha value is -1.27. The van der Waals surface area contributed by atoms with E-state index in [2.05, 4.69) is 0 Å². The lowest BCUT2D eigenvalue weighted by molar-refractivity contribution is -0.106. The topological polar surface area (TPSA) is 40.9 Å². The highest BCUT2D eigenvalue weighted by molar-refractivity contribution is 8.00. The predicted octanol–water partition coefficient (Wildman–Crippen LogP) is 1.87. The zero-order chi connectivity index (χ0) is 8.81. The predicted molar refractivity (Wildman–Crippen MR) is 47.8 cm³/mol. The van der Waals surface area contributed by atoms with Crippen LogP contribution < -0.4 is 0 Å². The van der Waals surface area contributed by atoms with Crippen molar-refractivity contribution in [2.45, 2.75) is 10.1 Å². The molecule has 2 nitrogen and oxygen atoms in total. The Kier molecular flexibility index (Phi) is 3.36. The van der Waals surface area contributed by atoms with Gasteiger partial charge in [-0.15, -0.1) is 0 Å². The molecule has 0 spiro atoms. The van der Waals surface area contributed by atoms with Crippen LogP contribution in [0.1, 0.15) is 0 Å². The van der Waals surface area contributed by atoms with Crippen LogP contribution in [-0.4, -0.2) is 11.5 Å². The van der Waals surface area contributed by atoms with E-state index in [-0.39, 0.29) is 0 Å². The molecule has 0 amide bonds. The number of thioether (sulfide) groups is 1. The molecule has 0 aliphatic carbocycles. The van der Waals surface area contributed by atoms with E-state index in [4.69, 9.17) is 5.26 Å². The Labute approximate surface area is 75.2 Å². The Morgan fingerprint density at radius 3 is 2.58 bits per heavy atom. The molecule has 1 rings (SSSR count). The number of hydrogen-bond donors (Lipinski definition) is 0. The first-order valence-electron chi connectivity index (χ1n) is 3.43. The van der Waals surface area contributed by atoms with Crippen LogP contribution in [0.2, 0.25) is 0 Å². The van der Waals surface area contributed by atoms with Gasteiger partial charge >= 0.3 is 0 Å². The summed E-state index contributed by atoms with van der Waals surface area (Å²) in [7, 11) is 0. The summed E-state index contributed by atoms with van der Waals surface area (Å²) in [5.41, 5.74) is 0. The number of carbonyl (C=O) groups excluding carboxylic acids is 1. The maximum absolute atomic E-state index is 10.3. The highest BCUT2D eigenvalue weighted by Gasteiger charge is 2.05. The lowest BCUT2D eigenvalue weighted by Gasteiger charge is -1.99. The first-order chi connectivity index (χ1) is 5.86. The number of benzene rings is 1. The standard InChI is InChI=1S/C9H7NOS/c10-6-9(7-11)12-8-4-2-1-3-5-8/h1-5,7,9H. The van der Waals surface area contributed by atoms with Crippen molar-refractivity contribution in [1.29, 1.82) is 5.26 Å². The van der Waals surface area contributed by atoms with Crippen molar-refractivity contribution in [2.24, 2.45) is 0 Å². The molecule has 3 heteroatoms. The van der Waals surface area contributed by atoms with E-state index in [1.54, 1.807) is 0 Å². The number of nitrogens with zero attached hydrogens (tertiary/aromatic N) is 1. The molecule has 1 unspecified atom stereocenters. The summed E-state index contributed by atoms with van der Waals surface area (Å²) in [5, 5.41) is 7.89. The second kappa shape index (κ2) is 4.58. The maximum Gasteiger partial charge on any atom is 0.151 e. The molecule has 60 valence electrons.